The lowest BCUT2D eigenvalue weighted by Crippen LogP contribution is -2.30. The Hall–Kier alpha value is -3.38. The Balaban J connectivity index is 1.61. The lowest BCUT2D eigenvalue weighted by Gasteiger charge is -2.14. The normalized spacial score (nSPS) is 12.1. The summed E-state index contributed by atoms with van der Waals surface area (Å²) in [5.41, 5.74) is -0.392. The van der Waals surface area contributed by atoms with Crippen molar-refractivity contribution in [3.05, 3.63) is 76.9 Å². The Kier molecular flexibility index (Phi) is 6.84. The molecule has 168 valence electrons. The van der Waals surface area contributed by atoms with E-state index >= 15 is 0 Å². The predicted octanol–water partition coefficient (Wildman–Crippen LogP) is 4.15. The minimum absolute atomic E-state index is 0.0164. The highest BCUT2D eigenvalue weighted by Crippen LogP contribution is 2.22. The number of thiophene rings is 1. The SMILES string of the molecule is C[C@@H](OC(=O)c1ccc(NS(=O)(=O)c2cccs2)cc1)C(=O)Nc1ccc(F)c(F)c1F. The average Bonchev–Trinajstić information content (AvgIpc) is 3.30. The molecular weight excluding hydrogens is 469 g/mol. The van der Waals surface area contributed by atoms with E-state index in [1.807, 2.05) is 5.32 Å². The van der Waals surface area contributed by atoms with Gasteiger partial charge >= 0.3 is 5.97 Å². The predicted molar refractivity (Wildman–Crippen MR) is 111 cm³/mol. The first-order valence-corrected chi connectivity index (χ1v) is 11.3. The van der Waals surface area contributed by atoms with Gasteiger partial charge in [0.05, 0.1) is 11.3 Å². The first-order chi connectivity index (χ1) is 15.1. The van der Waals surface area contributed by atoms with Crippen LogP contribution in [0.2, 0.25) is 0 Å². The molecular formula is C20H15F3N2O5S2. The van der Waals surface area contributed by atoms with Crippen molar-refractivity contribution in [2.45, 2.75) is 17.2 Å². The fraction of sp³-hybridized carbons (Fsp3) is 0.100. The Morgan fingerprint density at radius 2 is 1.69 bits per heavy atom. The standard InChI is InChI=1S/C20H15F3N2O5S2/c1-11(19(26)24-15-9-8-14(21)17(22)18(15)23)30-20(27)12-4-6-13(7-5-12)25-32(28,29)16-3-2-10-31-16/h2-11,25H,1H3,(H,24,26)/t11-/m1/s1. The maximum absolute atomic E-state index is 13.7. The van der Waals surface area contributed by atoms with Crippen molar-refractivity contribution in [2.75, 3.05) is 10.0 Å². The lowest BCUT2D eigenvalue weighted by atomic mass is 10.2. The largest absolute Gasteiger partial charge is 0.449 e. The number of benzene rings is 2. The molecule has 12 heteroatoms. The van der Waals surface area contributed by atoms with E-state index < -0.39 is 51.1 Å². The lowest BCUT2D eigenvalue weighted by molar-refractivity contribution is -0.123. The Bertz CT molecular complexity index is 1250. The third-order valence-electron chi connectivity index (χ3n) is 4.08. The monoisotopic (exact) mass is 484 g/mol. The molecule has 32 heavy (non-hydrogen) atoms. The molecule has 0 saturated carbocycles. The number of hydrogen-bond donors (Lipinski definition) is 2. The molecule has 0 aliphatic carbocycles. The summed E-state index contributed by atoms with van der Waals surface area (Å²) in [5.74, 6) is -6.63. The number of carbonyl (C=O) groups is 2. The fourth-order valence-electron chi connectivity index (χ4n) is 2.44. The first kappa shape index (κ1) is 23.3. The summed E-state index contributed by atoms with van der Waals surface area (Å²) in [6.07, 6.45) is -1.40. The zero-order chi connectivity index (χ0) is 23.5. The molecule has 3 rings (SSSR count). The van der Waals surface area contributed by atoms with Gasteiger partial charge in [-0.2, -0.15) is 0 Å². The van der Waals surface area contributed by atoms with Gasteiger partial charge in [0.1, 0.15) is 4.21 Å². The highest BCUT2D eigenvalue weighted by Gasteiger charge is 2.22. The molecule has 0 bridgehead atoms. The Labute approximate surface area is 184 Å². The number of amides is 1. The van der Waals surface area contributed by atoms with E-state index in [0.717, 1.165) is 17.4 Å². The molecule has 0 aliphatic heterocycles. The van der Waals surface area contributed by atoms with Crippen molar-refractivity contribution in [1.29, 1.82) is 0 Å². The van der Waals surface area contributed by atoms with Crippen molar-refractivity contribution < 1.29 is 35.9 Å². The summed E-state index contributed by atoms with van der Waals surface area (Å²) in [7, 11) is -3.75. The molecule has 1 aromatic heterocycles. The number of esters is 1. The number of sulfonamides is 1. The Morgan fingerprint density at radius 1 is 1.00 bits per heavy atom. The number of halogens is 3. The zero-order valence-corrected chi connectivity index (χ0v) is 17.9. The summed E-state index contributed by atoms with van der Waals surface area (Å²) in [4.78, 5) is 24.3. The van der Waals surface area contributed by atoms with Crippen LogP contribution in [-0.2, 0) is 19.6 Å². The summed E-state index contributed by atoms with van der Waals surface area (Å²) in [6.45, 7) is 1.20. The van der Waals surface area contributed by atoms with Crippen LogP contribution in [0.1, 0.15) is 17.3 Å². The van der Waals surface area contributed by atoms with Gasteiger partial charge in [0.2, 0.25) is 0 Å². The van der Waals surface area contributed by atoms with Crippen molar-refractivity contribution in [2.24, 2.45) is 0 Å². The molecule has 3 aromatic rings. The van der Waals surface area contributed by atoms with Crippen molar-refractivity contribution in [1.82, 2.24) is 0 Å². The number of hydrogen-bond acceptors (Lipinski definition) is 6. The molecule has 0 unspecified atom stereocenters. The van der Waals surface area contributed by atoms with E-state index in [1.54, 1.807) is 11.4 Å². The molecule has 0 saturated heterocycles. The maximum atomic E-state index is 13.7. The van der Waals surface area contributed by atoms with Crippen LogP contribution >= 0.6 is 11.3 Å². The summed E-state index contributed by atoms with van der Waals surface area (Å²) in [6, 6.07) is 9.75. The third kappa shape index (κ3) is 5.26. The molecule has 1 heterocycles. The number of rotatable bonds is 7. The van der Waals surface area contributed by atoms with Gasteiger partial charge in [-0.15, -0.1) is 11.3 Å². The zero-order valence-electron chi connectivity index (χ0n) is 16.3. The molecule has 1 atom stereocenters. The first-order valence-electron chi connectivity index (χ1n) is 8.90. The number of anilines is 2. The van der Waals surface area contributed by atoms with Crippen LogP contribution in [0.5, 0.6) is 0 Å². The number of carbonyl (C=O) groups excluding carboxylic acids is 2. The fourth-order valence-corrected chi connectivity index (χ4v) is 4.49. The molecule has 0 fully saturated rings. The number of ether oxygens (including phenoxy) is 1. The van der Waals surface area contributed by atoms with E-state index in [2.05, 4.69) is 4.72 Å². The van der Waals surface area contributed by atoms with E-state index in [9.17, 15) is 31.2 Å². The van der Waals surface area contributed by atoms with E-state index in [0.29, 0.717) is 6.07 Å². The Morgan fingerprint density at radius 3 is 2.31 bits per heavy atom. The van der Waals surface area contributed by atoms with Crippen LogP contribution in [0.25, 0.3) is 0 Å². The summed E-state index contributed by atoms with van der Waals surface area (Å²) < 4.78 is 71.8. The maximum Gasteiger partial charge on any atom is 0.338 e. The molecule has 7 nitrogen and oxygen atoms in total. The van der Waals surface area contributed by atoms with E-state index in [1.165, 1.54) is 37.3 Å². The molecule has 1 amide bonds. The van der Waals surface area contributed by atoms with Gasteiger partial charge in [-0.3, -0.25) is 9.52 Å². The molecule has 2 N–H and O–H groups in total. The van der Waals surface area contributed by atoms with Gasteiger partial charge in [-0.05, 0) is 54.8 Å². The van der Waals surface area contributed by atoms with Crippen LogP contribution in [0, 0.1) is 17.5 Å². The highest BCUT2D eigenvalue weighted by molar-refractivity contribution is 7.94. The number of nitrogens with one attached hydrogen (secondary N) is 2. The summed E-state index contributed by atoms with van der Waals surface area (Å²) in [5, 5.41) is 3.63. The van der Waals surface area contributed by atoms with Crippen molar-refractivity contribution in [3.8, 4) is 0 Å². The summed E-state index contributed by atoms with van der Waals surface area (Å²) >= 11 is 1.04. The second-order valence-corrected chi connectivity index (χ2v) is 9.23. The van der Waals surface area contributed by atoms with Crippen LogP contribution in [0.3, 0.4) is 0 Å². The van der Waals surface area contributed by atoms with Crippen LogP contribution in [0.15, 0.2) is 58.1 Å². The quantitative estimate of drug-likeness (QED) is 0.388. The van der Waals surface area contributed by atoms with Gasteiger partial charge in [0.25, 0.3) is 15.9 Å². The minimum Gasteiger partial charge on any atom is -0.449 e. The smallest absolute Gasteiger partial charge is 0.338 e. The topological polar surface area (TPSA) is 102 Å². The van der Waals surface area contributed by atoms with Gasteiger partial charge in [-0.1, -0.05) is 6.07 Å². The second kappa shape index (κ2) is 9.40. The minimum atomic E-state index is -3.75. The van der Waals surface area contributed by atoms with Gasteiger partial charge in [0.15, 0.2) is 23.6 Å². The highest BCUT2D eigenvalue weighted by atomic mass is 32.2. The van der Waals surface area contributed by atoms with E-state index in [4.69, 9.17) is 4.74 Å². The van der Waals surface area contributed by atoms with Gasteiger partial charge in [0, 0.05) is 5.69 Å². The molecule has 2 aromatic carbocycles. The van der Waals surface area contributed by atoms with E-state index in [-0.39, 0.29) is 15.5 Å². The molecule has 0 radical (unpaired) electrons. The molecule has 0 aliphatic rings. The van der Waals surface area contributed by atoms with Crippen LogP contribution in [0.4, 0.5) is 24.5 Å². The van der Waals surface area contributed by atoms with Crippen LogP contribution < -0.4 is 10.0 Å². The average molecular weight is 484 g/mol. The van der Waals surface area contributed by atoms with Gasteiger partial charge in [-0.25, -0.2) is 26.4 Å². The van der Waals surface area contributed by atoms with Gasteiger partial charge < -0.3 is 10.1 Å². The molecule has 0 spiro atoms. The van der Waals surface area contributed by atoms with Crippen LogP contribution in [-0.4, -0.2) is 26.4 Å². The third-order valence-corrected chi connectivity index (χ3v) is 6.86. The van der Waals surface area contributed by atoms with Crippen molar-refractivity contribution in [3.63, 3.8) is 0 Å². The second-order valence-electron chi connectivity index (χ2n) is 6.37. The van der Waals surface area contributed by atoms with Crippen molar-refractivity contribution >= 4 is 44.6 Å².